The zero-order chi connectivity index (χ0) is 29.6. The van der Waals surface area contributed by atoms with Crippen LogP contribution in [0.4, 0.5) is 13.2 Å². The van der Waals surface area contributed by atoms with Crippen molar-refractivity contribution in [3.8, 4) is 5.69 Å². The third-order valence-corrected chi connectivity index (χ3v) is 7.90. The Morgan fingerprint density at radius 2 is 1.85 bits per heavy atom. The molecule has 2 aromatic carbocycles. The standard InChI is InChI=1S/C29H25BrF3N5O3/c1-4-5-19-14-35-38-24-15-36(27(40)18-8-11-23(30)22(13-18)29(31,32)33)16(2)12-21(24)28(41)37(26(19)38)20-9-6-17(7-10-20)25(39)34-3/h4,6-11,13-14,16H,1,5,12,15H2,2-3H3,(H,34,39)/t16-/m0/s1. The lowest BCUT2D eigenvalue weighted by atomic mass is 9.98. The molecule has 0 bridgehead atoms. The smallest absolute Gasteiger partial charge is 0.355 e. The van der Waals surface area contributed by atoms with E-state index in [2.05, 4.69) is 32.9 Å². The Balaban J connectivity index is 1.63. The summed E-state index contributed by atoms with van der Waals surface area (Å²) in [7, 11) is 1.53. The first-order valence-corrected chi connectivity index (χ1v) is 13.5. The van der Waals surface area contributed by atoms with Crippen molar-refractivity contribution in [2.45, 2.75) is 38.5 Å². The molecule has 212 valence electrons. The Morgan fingerprint density at radius 3 is 2.49 bits per heavy atom. The Labute approximate surface area is 241 Å². The molecule has 0 unspecified atom stereocenters. The topological polar surface area (TPSA) is 88.7 Å². The van der Waals surface area contributed by atoms with Gasteiger partial charge in [-0.05, 0) is 62.2 Å². The van der Waals surface area contributed by atoms with Crippen molar-refractivity contribution in [2.75, 3.05) is 7.05 Å². The number of carbonyl (C=O) groups is 2. The molecular formula is C29H25BrF3N5O3. The largest absolute Gasteiger partial charge is 0.417 e. The van der Waals surface area contributed by atoms with E-state index in [9.17, 15) is 27.6 Å². The van der Waals surface area contributed by atoms with Crippen LogP contribution in [0.3, 0.4) is 0 Å². The Morgan fingerprint density at radius 1 is 1.17 bits per heavy atom. The summed E-state index contributed by atoms with van der Waals surface area (Å²) >= 11 is 2.91. The van der Waals surface area contributed by atoms with Crippen LogP contribution in [-0.4, -0.2) is 44.0 Å². The molecule has 1 N–H and O–H groups in total. The Bertz CT molecular complexity index is 1760. The number of benzene rings is 2. The molecular weight excluding hydrogens is 603 g/mol. The number of amides is 2. The third-order valence-electron chi connectivity index (χ3n) is 7.20. The molecule has 4 aromatic rings. The maximum atomic E-state index is 14.0. The molecule has 1 aliphatic rings. The number of hydrogen-bond acceptors (Lipinski definition) is 4. The first-order valence-electron chi connectivity index (χ1n) is 12.7. The van der Waals surface area contributed by atoms with Crippen LogP contribution < -0.4 is 10.9 Å². The minimum Gasteiger partial charge on any atom is -0.355 e. The van der Waals surface area contributed by atoms with Crippen molar-refractivity contribution in [1.29, 1.82) is 0 Å². The van der Waals surface area contributed by atoms with Gasteiger partial charge < -0.3 is 10.2 Å². The van der Waals surface area contributed by atoms with Crippen LogP contribution in [0.1, 0.15) is 50.0 Å². The SMILES string of the molecule is C=CCc1cnn2c3c(c(=O)n(-c4ccc(C(=O)NC)cc4)c12)C[C@H](C)N(C(=O)c1ccc(Br)c(C(F)(F)F)c1)C3. The highest BCUT2D eigenvalue weighted by molar-refractivity contribution is 9.10. The predicted molar refractivity (Wildman–Crippen MR) is 150 cm³/mol. The maximum absolute atomic E-state index is 14.0. The van der Waals surface area contributed by atoms with Gasteiger partial charge in [0.25, 0.3) is 17.4 Å². The number of rotatable bonds is 5. The molecule has 0 aliphatic carbocycles. The Hall–Kier alpha value is -4.19. The van der Waals surface area contributed by atoms with E-state index >= 15 is 0 Å². The second kappa shape index (κ2) is 10.7. The molecule has 2 amide bonds. The van der Waals surface area contributed by atoms with E-state index in [0.29, 0.717) is 34.6 Å². The highest BCUT2D eigenvalue weighted by Crippen LogP contribution is 2.36. The number of allylic oxidation sites excluding steroid dienone is 1. The Kier molecular flexibility index (Phi) is 7.37. The highest BCUT2D eigenvalue weighted by atomic mass is 79.9. The molecule has 0 saturated carbocycles. The van der Waals surface area contributed by atoms with Gasteiger partial charge >= 0.3 is 6.18 Å². The second-order valence-electron chi connectivity index (χ2n) is 9.77. The molecule has 0 saturated heterocycles. The van der Waals surface area contributed by atoms with E-state index in [1.54, 1.807) is 48.0 Å². The molecule has 1 aliphatic heterocycles. The van der Waals surface area contributed by atoms with Crippen LogP contribution in [0.2, 0.25) is 0 Å². The number of aromatic nitrogens is 3. The second-order valence-corrected chi connectivity index (χ2v) is 10.6. The van der Waals surface area contributed by atoms with E-state index < -0.39 is 23.7 Å². The number of halogens is 4. The van der Waals surface area contributed by atoms with Crippen molar-refractivity contribution in [2.24, 2.45) is 0 Å². The van der Waals surface area contributed by atoms with Gasteiger partial charge in [-0.15, -0.1) is 6.58 Å². The van der Waals surface area contributed by atoms with Crippen LogP contribution in [0.15, 0.2) is 70.6 Å². The summed E-state index contributed by atoms with van der Waals surface area (Å²) in [5.41, 5.74) is 1.74. The highest BCUT2D eigenvalue weighted by Gasteiger charge is 2.36. The lowest BCUT2D eigenvalue weighted by Gasteiger charge is -2.35. The summed E-state index contributed by atoms with van der Waals surface area (Å²) in [5, 5.41) is 7.10. The molecule has 41 heavy (non-hydrogen) atoms. The van der Waals surface area contributed by atoms with Gasteiger partial charge in [-0.3, -0.25) is 19.0 Å². The molecule has 3 heterocycles. The fourth-order valence-electron chi connectivity index (χ4n) is 5.14. The zero-order valence-electron chi connectivity index (χ0n) is 22.1. The van der Waals surface area contributed by atoms with Gasteiger partial charge in [0, 0.05) is 39.8 Å². The summed E-state index contributed by atoms with van der Waals surface area (Å²) in [6.07, 6.45) is -0.742. The molecule has 0 spiro atoms. The quantitative estimate of drug-likeness (QED) is 0.318. The summed E-state index contributed by atoms with van der Waals surface area (Å²) in [5.74, 6) is -0.843. The molecule has 1 atom stereocenters. The predicted octanol–water partition coefficient (Wildman–Crippen LogP) is 4.94. The van der Waals surface area contributed by atoms with Crippen molar-refractivity contribution in [1.82, 2.24) is 24.4 Å². The van der Waals surface area contributed by atoms with Crippen LogP contribution in [-0.2, 0) is 25.6 Å². The number of fused-ring (bicyclic) bond motifs is 3. The normalized spacial score (nSPS) is 15.1. The number of nitrogens with one attached hydrogen (secondary N) is 1. The average molecular weight is 628 g/mol. The monoisotopic (exact) mass is 627 g/mol. The number of nitrogens with zero attached hydrogens (tertiary/aromatic N) is 4. The summed E-state index contributed by atoms with van der Waals surface area (Å²) in [4.78, 5) is 41.1. The first kappa shape index (κ1) is 28.3. The van der Waals surface area contributed by atoms with Gasteiger partial charge in [-0.25, -0.2) is 4.52 Å². The number of hydrogen-bond donors (Lipinski definition) is 1. The van der Waals surface area contributed by atoms with Crippen LogP contribution >= 0.6 is 15.9 Å². The molecule has 12 heteroatoms. The fraction of sp³-hybridized carbons (Fsp3) is 0.241. The van der Waals surface area contributed by atoms with Crippen LogP contribution in [0.25, 0.3) is 11.3 Å². The van der Waals surface area contributed by atoms with Crippen molar-refractivity contribution < 1.29 is 22.8 Å². The zero-order valence-corrected chi connectivity index (χ0v) is 23.7. The maximum Gasteiger partial charge on any atom is 0.417 e. The van der Waals surface area contributed by atoms with Gasteiger partial charge in [0.05, 0.1) is 29.7 Å². The van der Waals surface area contributed by atoms with E-state index in [0.717, 1.165) is 11.6 Å². The van der Waals surface area contributed by atoms with Gasteiger partial charge in [-0.2, -0.15) is 18.3 Å². The van der Waals surface area contributed by atoms with Gasteiger partial charge in [0.2, 0.25) is 0 Å². The summed E-state index contributed by atoms with van der Waals surface area (Å²) < 4.78 is 43.5. The number of alkyl halides is 3. The molecule has 5 rings (SSSR count). The third kappa shape index (κ3) is 4.96. The molecule has 2 aromatic heterocycles. The average Bonchev–Trinajstić information content (AvgIpc) is 3.35. The van der Waals surface area contributed by atoms with Gasteiger partial charge in [0.15, 0.2) is 0 Å². The van der Waals surface area contributed by atoms with Crippen LogP contribution in [0, 0.1) is 0 Å². The summed E-state index contributed by atoms with van der Waals surface area (Å²) in [6, 6.07) is 9.50. The van der Waals surface area contributed by atoms with E-state index in [1.165, 1.54) is 28.6 Å². The lowest BCUT2D eigenvalue weighted by molar-refractivity contribution is -0.138. The minimum atomic E-state index is -4.64. The van der Waals surface area contributed by atoms with Crippen molar-refractivity contribution in [3.63, 3.8) is 0 Å². The molecule has 8 nitrogen and oxygen atoms in total. The van der Waals surface area contributed by atoms with E-state index in [4.69, 9.17) is 0 Å². The van der Waals surface area contributed by atoms with Gasteiger partial charge in [0.1, 0.15) is 5.65 Å². The first-order chi connectivity index (χ1) is 19.5. The van der Waals surface area contributed by atoms with E-state index in [-0.39, 0.29) is 34.5 Å². The van der Waals surface area contributed by atoms with Crippen LogP contribution in [0.5, 0.6) is 0 Å². The van der Waals surface area contributed by atoms with Crippen molar-refractivity contribution in [3.05, 3.63) is 110 Å². The van der Waals surface area contributed by atoms with Gasteiger partial charge in [-0.1, -0.05) is 22.0 Å². The van der Waals surface area contributed by atoms with E-state index in [1.807, 2.05) is 0 Å². The molecule has 0 fully saturated rings. The number of carbonyl (C=O) groups excluding carboxylic acids is 2. The van der Waals surface area contributed by atoms with Crippen molar-refractivity contribution >= 4 is 33.4 Å². The summed E-state index contributed by atoms with van der Waals surface area (Å²) in [6.45, 7) is 5.53. The lowest BCUT2D eigenvalue weighted by Crippen LogP contribution is -2.46. The minimum absolute atomic E-state index is 0.0237. The fourth-order valence-corrected chi connectivity index (χ4v) is 5.61. The molecule has 0 radical (unpaired) electrons.